The largest absolute Gasteiger partial charge is 0.380 e. The van der Waals surface area contributed by atoms with Crippen molar-refractivity contribution in [2.75, 3.05) is 0 Å². The lowest BCUT2D eigenvalue weighted by molar-refractivity contribution is 0.0747. The van der Waals surface area contributed by atoms with Crippen LogP contribution in [0.3, 0.4) is 0 Å². The van der Waals surface area contributed by atoms with E-state index in [1.165, 1.54) is 0 Å². The first-order valence-electron chi connectivity index (χ1n) is 10.1. The lowest BCUT2D eigenvalue weighted by Gasteiger charge is -2.09. The molecule has 0 radical (unpaired) electrons. The van der Waals surface area contributed by atoms with E-state index >= 15 is 0 Å². The molecule has 1 atom stereocenters. The number of ketones is 2. The molecule has 3 nitrogen and oxygen atoms in total. The van der Waals surface area contributed by atoms with Gasteiger partial charge in [-0.15, -0.1) is 0 Å². The molecule has 1 N–H and O–H groups in total. The molecule has 4 aromatic carbocycles. The Bertz CT molecular complexity index is 1120. The minimum Gasteiger partial charge on any atom is -0.380 e. The van der Waals surface area contributed by atoms with E-state index in [1.807, 2.05) is 73.7 Å². The number of Topliss-reactive ketones (excluding diaryl/α,β-unsaturated/α-hetero) is 1. The zero-order valence-corrected chi connectivity index (χ0v) is 17.3. The summed E-state index contributed by atoms with van der Waals surface area (Å²) in [6.45, 7) is 1.95. The fraction of sp³-hybridized carbons (Fsp3) is 0.0714. The maximum Gasteiger partial charge on any atom is 0.195 e. The first-order chi connectivity index (χ1) is 15.1. The Morgan fingerprint density at radius 3 is 1.61 bits per heavy atom. The molecule has 0 saturated heterocycles. The zero-order chi connectivity index (χ0) is 22.1. The molecule has 0 heterocycles. The third-order valence-corrected chi connectivity index (χ3v) is 4.85. The number of aliphatic hydroxyl groups excluding tert-OH is 1. The van der Waals surface area contributed by atoms with Gasteiger partial charge in [0.25, 0.3) is 0 Å². The highest BCUT2D eigenvalue weighted by atomic mass is 16.3. The summed E-state index contributed by atoms with van der Waals surface area (Å²) in [7, 11) is 0. The SMILES string of the molecule is Cc1ccccc1C(=O)c1ccccc1.O=C(c1ccccc1)C(O)c1ccccc1. The number of aliphatic hydroxyl groups is 1. The fourth-order valence-electron chi connectivity index (χ4n) is 3.12. The van der Waals surface area contributed by atoms with Gasteiger partial charge in [0.05, 0.1) is 0 Å². The van der Waals surface area contributed by atoms with Crippen molar-refractivity contribution < 1.29 is 14.7 Å². The average molecular weight is 408 g/mol. The molecule has 31 heavy (non-hydrogen) atoms. The lowest BCUT2D eigenvalue weighted by atomic mass is 9.99. The predicted octanol–water partition coefficient (Wildman–Crippen LogP) is 5.83. The molecule has 0 aliphatic heterocycles. The van der Waals surface area contributed by atoms with Gasteiger partial charge in [0.2, 0.25) is 0 Å². The molecule has 0 saturated carbocycles. The van der Waals surface area contributed by atoms with Gasteiger partial charge in [-0.3, -0.25) is 9.59 Å². The van der Waals surface area contributed by atoms with Crippen LogP contribution in [0.15, 0.2) is 115 Å². The van der Waals surface area contributed by atoms with Gasteiger partial charge < -0.3 is 5.11 Å². The zero-order valence-electron chi connectivity index (χ0n) is 17.3. The average Bonchev–Trinajstić information content (AvgIpc) is 2.85. The Kier molecular flexibility index (Phi) is 7.63. The predicted molar refractivity (Wildman–Crippen MR) is 123 cm³/mol. The molecule has 0 amide bonds. The minimum absolute atomic E-state index is 0.0914. The van der Waals surface area contributed by atoms with E-state index in [-0.39, 0.29) is 11.6 Å². The molecule has 0 spiro atoms. The van der Waals surface area contributed by atoms with Crippen LogP contribution < -0.4 is 0 Å². The van der Waals surface area contributed by atoms with Gasteiger partial charge in [-0.2, -0.15) is 0 Å². The molecular weight excluding hydrogens is 384 g/mol. The topological polar surface area (TPSA) is 54.4 Å². The molecule has 154 valence electrons. The van der Waals surface area contributed by atoms with Crippen LogP contribution >= 0.6 is 0 Å². The van der Waals surface area contributed by atoms with Crippen molar-refractivity contribution in [2.24, 2.45) is 0 Å². The third-order valence-electron chi connectivity index (χ3n) is 4.85. The summed E-state index contributed by atoms with van der Waals surface area (Å²) in [6, 6.07) is 34.8. The fourth-order valence-corrected chi connectivity index (χ4v) is 3.12. The van der Waals surface area contributed by atoms with Crippen molar-refractivity contribution in [1.29, 1.82) is 0 Å². The second-order valence-corrected chi connectivity index (χ2v) is 7.05. The van der Waals surface area contributed by atoms with E-state index in [1.54, 1.807) is 48.5 Å². The third kappa shape index (κ3) is 5.84. The number of aryl methyl sites for hydroxylation is 1. The Morgan fingerprint density at radius 1 is 0.613 bits per heavy atom. The highest BCUT2D eigenvalue weighted by Gasteiger charge is 2.18. The van der Waals surface area contributed by atoms with E-state index in [2.05, 4.69) is 0 Å². The Hall–Kier alpha value is -3.82. The van der Waals surface area contributed by atoms with Crippen molar-refractivity contribution in [3.05, 3.63) is 143 Å². The van der Waals surface area contributed by atoms with Crippen molar-refractivity contribution in [2.45, 2.75) is 13.0 Å². The number of carbonyl (C=O) groups excluding carboxylic acids is 2. The van der Waals surface area contributed by atoms with Gasteiger partial charge in [-0.1, -0.05) is 115 Å². The van der Waals surface area contributed by atoms with Gasteiger partial charge in [-0.05, 0) is 18.1 Å². The summed E-state index contributed by atoms with van der Waals surface area (Å²) < 4.78 is 0. The number of hydrogen-bond acceptors (Lipinski definition) is 3. The monoisotopic (exact) mass is 408 g/mol. The molecule has 4 rings (SSSR count). The van der Waals surface area contributed by atoms with Crippen LogP contribution in [-0.2, 0) is 0 Å². The summed E-state index contributed by atoms with van der Waals surface area (Å²) in [5.74, 6) is -0.180. The molecule has 0 aliphatic carbocycles. The smallest absolute Gasteiger partial charge is 0.195 e. The Balaban J connectivity index is 0.000000176. The molecule has 0 bridgehead atoms. The Morgan fingerprint density at radius 2 is 1.06 bits per heavy atom. The summed E-state index contributed by atoms with van der Waals surface area (Å²) in [4.78, 5) is 24.0. The molecule has 4 aromatic rings. The normalized spacial score (nSPS) is 11.0. The number of carbonyl (C=O) groups is 2. The van der Waals surface area contributed by atoms with Crippen LogP contribution in [0.1, 0.15) is 43.5 Å². The Labute approximate surface area is 182 Å². The number of benzene rings is 4. The highest BCUT2D eigenvalue weighted by Crippen LogP contribution is 2.17. The van der Waals surface area contributed by atoms with E-state index in [9.17, 15) is 14.7 Å². The standard InChI is InChI=1S/C14H12O2.C14H12O/c15-13(11-7-3-1-4-8-11)14(16)12-9-5-2-6-10-12;1-11-7-5-6-10-13(11)14(15)12-8-3-2-4-9-12/h1-10,13,15H;2-10H,1H3. The molecule has 0 aromatic heterocycles. The van der Waals surface area contributed by atoms with Gasteiger partial charge in [0, 0.05) is 16.7 Å². The van der Waals surface area contributed by atoms with Gasteiger partial charge in [-0.25, -0.2) is 0 Å². The van der Waals surface area contributed by atoms with Crippen molar-refractivity contribution in [3.63, 3.8) is 0 Å². The van der Waals surface area contributed by atoms with E-state index in [0.29, 0.717) is 11.1 Å². The summed E-state index contributed by atoms with van der Waals surface area (Å²) in [5, 5.41) is 9.89. The van der Waals surface area contributed by atoms with Crippen molar-refractivity contribution in [1.82, 2.24) is 0 Å². The second-order valence-electron chi connectivity index (χ2n) is 7.05. The summed E-state index contributed by atoms with van der Waals surface area (Å²) >= 11 is 0. The van der Waals surface area contributed by atoms with Crippen LogP contribution in [0.5, 0.6) is 0 Å². The van der Waals surface area contributed by atoms with Gasteiger partial charge >= 0.3 is 0 Å². The van der Waals surface area contributed by atoms with Gasteiger partial charge in [0.15, 0.2) is 11.6 Å². The van der Waals surface area contributed by atoms with Crippen LogP contribution in [0, 0.1) is 6.92 Å². The minimum atomic E-state index is -1.08. The second kappa shape index (κ2) is 10.8. The van der Waals surface area contributed by atoms with Crippen LogP contribution in [0.2, 0.25) is 0 Å². The van der Waals surface area contributed by atoms with E-state index in [4.69, 9.17) is 0 Å². The van der Waals surface area contributed by atoms with E-state index in [0.717, 1.165) is 16.7 Å². The first kappa shape index (κ1) is 21.9. The lowest BCUT2D eigenvalue weighted by Crippen LogP contribution is -2.11. The van der Waals surface area contributed by atoms with Crippen LogP contribution in [0.4, 0.5) is 0 Å². The molecule has 1 unspecified atom stereocenters. The maximum atomic E-state index is 12.1. The maximum absolute atomic E-state index is 12.1. The number of rotatable bonds is 5. The van der Waals surface area contributed by atoms with Gasteiger partial charge in [0.1, 0.15) is 6.10 Å². The van der Waals surface area contributed by atoms with Crippen molar-refractivity contribution >= 4 is 11.6 Å². The van der Waals surface area contributed by atoms with Crippen molar-refractivity contribution in [3.8, 4) is 0 Å². The highest BCUT2D eigenvalue weighted by molar-refractivity contribution is 6.09. The molecule has 0 fully saturated rings. The van der Waals surface area contributed by atoms with Crippen LogP contribution in [0.25, 0.3) is 0 Å². The molecular formula is C28H24O3. The van der Waals surface area contributed by atoms with E-state index < -0.39 is 6.10 Å². The molecule has 3 heteroatoms. The molecule has 0 aliphatic rings. The quantitative estimate of drug-likeness (QED) is 0.423. The summed E-state index contributed by atoms with van der Waals surface area (Å²) in [5.41, 5.74) is 3.69. The summed E-state index contributed by atoms with van der Waals surface area (Å²) in [6.07, 6.45) is -1.08. The van der Waals surface area contributed by atoms with Crippen LogP contribution in [-0.4, -0.2) is 16.7 Å². The first-order valence-corrected chi connectivity index (χ1v) is 10.1. The number of hydrogen-bond donors (Lipinski definition) is 1.